The predicted molar refractivity (Wildman–Crippen MR) is 34.2 cm³/mol. The van der Waals surface area contributed by atoms with Crippen LogP contribution >= 0.6 is 12.0 Å². The van der Waals surface area contributed by atoms with Crippen molar-refractivity contribution in [3.05, 3.63) is 0 Å². The Morgan fingerprint density at radius 3 is 2.89 bits per heavy atom. The Hall–Kier alpha value is -0.220. The number of hydrogen-bond acceptors (Lipinski definition) is 3. The average molecular weight is 148 g/mol. The van der Waals surface area contributed by atoms with Crippen molar-refractivity contribution in [1.29, 1.82) is 0 Å². The number of aliphatic carboxylic acids is 1. The lowest BCUT2D eigenvalue weighted by molar-refractivity contribution is -0.136. The fourth-order valence-electron chi connectivity index (χ4n) is 0.671. The minimum absolute atomic E-state index is 0.334. The summed E-state index contributed by atoms with van der Waals surface area (Å²) in [6.45, 7) is 0.689. The summed E-state index contributed by atoms with van der Waals surface area (Å²) in [5, 5.41) is 8.10. The number of carbonyl (C=O) groups is 1. The van der Waals surface area contributed by atoms with E-state index in [0.29, 0.717) is 6.61 Å². The van der Waals surface area contributed by atoms with Crippen LogP contribution in [-0.4, -0.2) is 22.9 Å². The molecule has 0 spiro atoms. The Kier molecular flexibility index (Phi) is 2.36. The zero-order valence-corrected chi connectivity index (χ0v) is 5.69. The van der Waals surface area contributed by atoms with E-state index in [-0.39, 0.29) is 5.25 Å². The second kappa shape index (κ2) is 3.08. The highest BCUT2D eigenvalue weighted by Crippen LogP contribution is 2.23. The maximum atomic E-state index is 10.3. The summed E-state index contributed by atoms with van der Waals surface area (Å²) in [6.07, 6.45) is 1.60. The maximum absolute atomic E-state index is 10.3. The summed E-state index contributed by atoms with van der Waals surface area (Å²) in [5.41, 5.74) is 0. The molecule has 0 amide bonds. The molecule has 3 nitrogen and oxygen atoms in total. The van der Waals surface area contributed by atoms with E-state index in [2.05, 4.69) is 0 Å². The lowest BCUT2D eigenvalue weighted by Gasteiger charge is -2.15. The third kappa shape index (κ3) is 1.87. The van der Waals surface area contributed by atoms with Gasteiger partial charge in [0.1, 0.15) is 5.25 Å². The second-order valence-corrected chi connectivity index (χ2v) is 2.88. The van der Waals surface area contributed by atoms with Crippen LogP contribution in [-0.2, 0) is 8.98 Å². The van der Waals surface area contributed by atoms with E-state index in [4.69, 9.17) is 9.29 Å². The van der Waals surface area contributed by atoms with Gasteiger partial charge in [-0.15, -0.1) is 0 Å². The van der Waals surface area contributed by atoms with Crippen molar-refractivity contribution in [2.45, 2.75) is 18.1 Å². The van der Waals surface area contributed by atoms with Gasteiger partial charge in [0.05, 0.1) is 6.61 Å². The summed E-state index contributed by atoms with van der Waals surface area (Å²) in [5.74, 6) is -0.764. The Labute approximate surface area is 57.6 Å². The lowest BCUT2D eigenvalue weighted by Crippen LogP contribution is -2.20. The number of rotatable bonds is 1. The number of carboxylic acid groups (broad SMARTS) is 1. The van der Waals surface area contributed by atoms with Crippen molar-refractivity contribution in [2.75, 3.05) is 6.61 Å². The van der Waals surface area contributed by atoms with Crippen molar-refractivity contribution in [3.63, 3.8) is 0 Å². The van der Waals surface area contributed by atoms with Crippen LogP contribution in [0.15, 0.2) is 0 Å². The van der Waals surface area contributed by atoms with E-state index >= 15 is 0 Å². The van der Waals surface area contributed by atoms with Crippen molar-refractivity contribution in [1.82, 2.24) is 0 Å². The summed E-state index contributed by atoms with van der Waals surface area (Å²) in [7, 11) is 0. The van der Waals surface area contributed by atoms with Gasteiger partial charge in [-0.25, -0.2) is 0 Å². The topological polar surface area (TPSA) is 46.5 Å². The molecule has 1 unspecified atom stereocenters. The Bertz CT molecular complexity index is 109. The van der Waals surface area contributed by atoms with E-state index in [1.807, 2.05) is 0 Å². The molecule has 1 N–H and O–H groups in total. The van der Waals surface area contributed by atoms with Crippen LogP contribution < -0.4 is 0 Å². The maximum Gasteiger partial charge on any atom is 0.319 e. The quantitative estimate of drug-likeness (QED) is 0.561. The molecular formula is C5H8O3S. The van der Waals surface area contributed by atoms with Gasteiger partial charge in [0.2, 0.25) is 0 Å². The molecule has 1 atom stereocenters. The molecule has 0 aromatic heterocycles. The van der Waals surface area contributed by atoms with Gasteiger partial charge >= 0.3 is 5.97 Å². The van der Waals surface area contributed by atoms with Crippen molar-refractivity contribution < 1.29 is 14.1 Å². The highest BCUT2D eigenvalue weighted by Gasteiger charge is 2.21. The summed E-state index contributed by atoms with van der Waals surface area (Å²) in [6, 6.07) is 0. The summed E-state index contributed by atoms with van der Waals surface area (Å²) in [4.78, 5) is 10.3. The Balaban J connectivity index is 2.31. The average Bonchev–Trinajstić information content (AvgIpc) is 1.90. The summed E-state index contributed by atoms with van der Waals surface area (Å²) >= 11 is 1.07. The first-order valence-corrected chi connectivity index (χ1v) is 3.62. The highest BCUT2D eigenvalue weighted by molar-refractivity contribution is 7.96. The molecule has 1 aliphatic rings. The standard InChI is InChI=1S/C5H8O3S/c6-5(7)4-2-1-3-8-9-4/h4H,1-3H2,(H,6,7). The molecule has 52 valence electrons. The minimum atomic E-state index is -0.764. The van der Waals surface area contributed by atoms with E-state index in [0.717, 1.165) is 24.9 Å². The SMILES string of the molecule is O=C(O)C1CCCOS1. The van der Waals surface area contributed by atoms with Gasteiger partial charge in [-0.05, 0) is 12.8 Å². The first kappa shape index (κ1) is 6.89. The Morgan fingerprint density at radius 2 is 2.56 bits per heavy atom. The monoisotopic (exact) mass is 148 g/mol. The molecule has 4 heteroatoms. The molecule has 1 aliphatic heterocycles. The van der Waals surface area contributed by atoms with Gasteiger partial charge in [0, 0.05) is 12.0 Å². The van der Waals surface area contributed by atoms with Gasteiger partial charge in [-0.3, -0.25) is 4.79 Å². The van der Waals surface area contributed by atoms with Gasteiger partial charge < -0.3 is 9.29 Å². The fourth-order valence-corrected chi connectivity index (χ4v) is 1.39. The first-order chi connectivity index (χ1) is 4.30. The molecule has 9 heavy (non-hydrogen) atoms. The predicted octanol–water partition coefficient (Wildman–Crippen LogP) is 0.898. The van der Waals surface area contributed by atoms with Crippen LogP contribution in [0, 0.1) is 0 Å². The minimum Gasteiger partial charge on any atom is -0.480 e. The van der Waals surface area contributed by atoms with Gasteiger partial charge in [0.25, 0.3) is 0 Å². The van der Waals surface area contributed by atoms with Crippen LogP contribution in [0.4, 0.5) is 0 Å². The molecule has 1 fully saturated rings. The molecule has 0 aromatic carbocycles. The smallest absolute Gasteiger partial charge is 0.319 e. The third-order valence-corrected chi connectivity index (χ3v) is 2.13. The third-order valence-electron chi connectivity index (χ3n) is 1.15. The van der Waals surface area contributed by atoms with Crippen LogP contribution in [0.3, 0.4) is 0 Å². The van der Waals surface area contributed by atoms with Crippen LogP contribution in [0.2, 0.25) is 0 Å². The van der Waals surface area contributed by atoms with Crippen LogP contribution in [0.25, 0.3) is 0 Å². The molecule has 0 bridgehead atoms. The lowest BCUT2D eigenvalue weighted by atomic mass is 10.2. The molecule has 0 radical (unpaired) electrons. The first-order valence-electron chi connectivity index (χ1n) is 2.82. The van der Waals surface area contributed by atoms with E-state index < -0.39 is 5.97 Å². The Morgan fingerprint density at radius 1 is 1.78 bits per heavy atom. The van der Waals surface area contributed by atoms with E-state index in [1.165, 1.54) is 0 Å². The number of hydrogen-bond donors (Lipinski definition) is 1. The van der Waals surface area contributed by atoms with Gasteiger partial charge in [-0.2, -0.15) is 0 Å². The largest absolute Gasteiger partial charge is 0.480 e. The highest BCUT2D eigenvalue weighted by atomic mass is 32.2. The normalized spacial score (nSPS) is 27.8. The molecule has 1 saturated heterocycles. The van der Waals surface area contributed by atoms with Crippen LogP contribution in [0.1, 0.15) is 12.8 Å². The van der Waals surface area contributed by atoms with E-state index in [1.54, 1.807) is 0 Å². The molecule has 1 rings (SSSR count). The zero-order valence-electron chi connectivity index (χ0n) is 4.87. The van der Waals surface area contributed by atoms with Crippen molar-refractivity contribution >= 4 is 18.0 Å². The zero-order chi connectivity index (χ0) is 6.69. The van der Waals surface area contributed by atoms with Gasteiger partial charge in [0.15, 0.2) is 0 Å². The van der Waals surface area contributed by atoms with E-state index in [9.17, 15) is 4.79 Å². The molecule has 0 saturated carbocycles. The molecule has 1 heterocycles. The van der Waals surface area contributed by atoms with Crippen molar-refractivity contribution in [2.24, 2.45) is 0 Å². The molecule has 0 aromatic rings. The second-order valence-electron chi connectivity index (χ2n) is 1.89. The van der Waals surface area contributed by atoms with Crippen molar-refractivity contribution in [3.8, 4) is 0 Å². The number of carboxylic acids is 1. The van der Waals surface area contributed by atoms with Gasteiger partial charge in [-0.1, -0.05) is 0 Å². The fraction of sp³-hybridized carbons (Fsp3) is 0.800. The molecule has 0 aliphatic carbocycles. The molecular weight excluding hydrogens is 140 g/mol. The summed E-state index contributed by atoms with van der Waals surface area (Å²) < 4.78 is 4.88. The van der Waals surface area contributed by atoms with Crippen LogP contribution in [0.5, 0.6) is 0 Å².